The standard InChI is InChI=1S/C32H40Si2.2Li/c1-7-8-13-24-18-19-27(21-24)33(3,4)34(5,6)32-23(2)20-29-30(32)22-26-16-12-17-28(26)31(29)25-14-10-9-11-15-25;;/h9-11,14-15,18-22H,7-8,12-13,16-17H2,1-6H3;;/q-2;2*+1. The molecule has 4 heteroatoms. The summed E-state index contributed by atoms with van der Waals surface area (Å²) in [6.07, 6.45) is 7.56. The Morgan fingerprint density at radius 3 is 2.31 bits per heavy atom. The van der Waals surface area contributed by atoms with Crippen LogP contribution < -0.4 is 48.1 Å². The molecular formula is C32H40Li2Si2. The van der Waals surface area contributed by atoms with Gasteiger partial charge in [-0.05, 0) is 24.8 Å². The topological polar surface area (TPSA) is 0 Å². The molecule has 1 aliphatic carbocycles. The van der Waals surface area contributed by atoms with E-state index in [4.69, 9.17) is 0 Å². The predicted molar refractivity (Wildman–Crippen MR) is 157 cm³/mol. The molecule has 4 aromatic rings. The Kier molecular flexibility index (Phi) is 9.38. The molecule has 0 saturated carbocycles. The molecule has 0 aliphatic heterocycles. The summed E-state index contributed by atoms with van der Waals surface area (Å²) in [5, 5.41) is 6.50. The summed E-state index contributed by atoms with van der Waals surface area (Å²) in [6, 6.07) is 23.8. The number of fused-ring (bicyclic) bond motifs is 2. The monoisotopic (exact) mass is 494 g/mol. The molecule has 0 aromatic heterocycles. The van der Waals surface area contributed by atoms with E-state index in [0.29, 0.717) is 0 Å². The van der Waals surface area contributed by atoms with Crippen LogP contribution in [0.5, 0.6) is 0 Å². The molecule has 0 atom stereocenters. The molecule has 0 unspecified atom stereocenters. The van der Waals surface area contributed by atoms with Gasteiger partial charge in [0.1, 0.15) is 0 Å². The normalized spacial score (nSPS) is 13.4. The van der Waals surface area contributed by atoms with Gasteiger partial charge in [0.05, 0.1) is 0 Å². The first-order valence-corrected chi connectivity index (χ1v) is 20.3. The maximum atomic E-state index is 2.68. The van der Waals surface area contributed by atoms with Crippen molar-refractivity contribution in [1.29, 1.82) is 0 Å². The van der Waals surface area contributed by atoms with Crippen LogP contribution in [-0.2, 0) is 19.3 Å². The molecule has 1 aliphatic rings. The Morgan fingerprint density at radius 1 is 0.889 bits per heavy atom. The van der Waals surface area contributed by atoms with Gasteiger partial charge in [0.2, 0.25) is 0 Å². The summed E-state index contributed by atoms with van der Waals surface area (Å²) < 4.78 is 0. The van der Waals surface area contributed by atoms with Crippen LogP contribution in [0.15, 0.2) is 60.7 Å². The summed E-state index contributed by atoms with van der Waals surface area (Å²) in [5.74, 6) is 0. The summed E-state index contributed by atoms with van der Waals surface area (Å²) in [4.78, 5) is 0. The zero-order valence-corrected chi connectivity index (χ0v) is 26.0. The largest absolute Gasteiger partial charge is 1.00 e. The molecule has 0 bridgehead atoms. The fourth-order valence-electron chi connectivity index (χ4n) is 6.47. The minimum absolute atomic E-state index is 0. The van der Waals surface area contributed by atoms with E-state index in [9.17, 15) is 0 Å². The van der Waals surface area contributed by atoms with Crippen molar-refractivity contribution in [3.8, 4) is 11.1 Å². The van der Waals surface area contributed by atoms with E-state index in [-0.39, 0.29) is 37.7 Å². The van der Waals surface area contributed by atoms with E-state index in [1.54, 1.807) is 32.5 Å². The fraction of sp³-hybridized carbons (Fsp3) is 0.375. The molecule has 0 heterocycles. The molecule has 36 heavy (non-hydrogen) atoms. The van der Waals surface area contributed by atoms with E-state index < -0.39 is 15.2 Å². The van der Waals surface area contributed by atoms with E-state index >= 15 is 0 Å². The van der Waals surface area contributed by atoms with Crippen LogP contribution >= 0.6 is 0 Å². The third-order valence-electron chi connectivity index (χ3n) is 9.07. The average molecular weight is 495 g/mol. The van der Waals surface area contributed by atoms with Crippen LogP contribution in [0.4, 0.5) is 0 Å². The molecule has 0 saturated heterocycles. The molecule has 5 rings (SSSR count). The molecule has 0 fully saturated rings. The van der Waals surface area contributed by atoms with Crippen LogP contribution in [0.1, 0.15) is 48.4 Å². The molecular weight excluding hydrogens is 454 g/mol. The smallest absolute Gasteiger partial charge is 0.210 e. The number of hydrogen-bond donors (Lipinski definition) is 0. The van der Waals surface area contributed by atoms with Crippen LogP contribution in [0, 0.1) is 6.92 Å². The van der Waals surface area contributed by atoms with E-state index in [2.05, 4.69) is 101 Å². The SMILES string of the molecule is CCCCc1cc[c-]([Si](C)(C)[Si](C)(C)[c-]2c(C)cc3c(-c4ccccc4)c4c(cc32)CCC4)c1.[Li+].[Li+]. The van der Waals surface area contributed by atoms with Crippen LogP contribution in [0.2, 0.25) is 26.2 Å². The van der Waals surface area contributed by atoms with Gasteiger partial charge in [0.15, 0.2) is 0 Å². The summed E-state index contributed by atoms with van der Waals surface area (Å²) in [5.41, 5.74) is 9.23. The molecule has 0 nitrogen and oxygen atoms in total. The Balaban J connectivity index is 0.00000180. The third-order valence-corrected chi connectivity index (χ3v) is 26.9. The predicted octanol–water partition coefficient (Wildman–Crippen LogP) is 1.70. The van der Waals surface area contributed by atoms with Crippen LogP contribution in [-0.4, -0.2) is 15.2 Å². The second-order valence-electron chi connectivity index (χ2n) is 11.6. The summed E-state index contributed by atoms with van der Waals surface area (Å²) in [6.45, 7) is 15.3. The molecule has 4 aromatic carbocycles. The van der Waals surface area contributed by atoms with Gasteiger partial charge in [-0.3, -0.25) is 0 Å². The van der Waals surface area contributed by atoms with E-state index in [1.807, 2.05) is 0 Å². The molecule has 0 amide bonds. The van der Waals surface area contributed by atoms with Crippen LogP contribution in [0.25, 0.3) is 21.9 Å². The Labute approximate surface area is 245 Å². The van der Waals surface area contributed by atoms with Gasteiger partial charge in [0.25, 0.3) is 0 Å². The van der Waals surface area contributed by atoms with Gasteiger partial charge in [0, 0.05) is 15.2 Å². The van der Waals surface area contributed by atoms with Gasteiger partial charge in [-0.25, -0.2) is 6.07 Å². The summed E-state index contributed by atoms with van der Waals surface area (Å²) >= 11 is 0. The number of rotatable bonds is 7. The fourth-order valence-corrected chi connectivity index (χ4v) is 16.3. The molecule has 0 N–H and O–H groups in total. The van der Waals surface area contributed by atoms with Gasteiger partial charge in [-0.2, -0.15) is 28.9 Å². The second kappa shape index (κ2) is 11.4. The average Bonchev–Trinajstić information content (AvgIpc) is 3.54. The van der Waals surface area contributed by atoms with Crippen molar-refractivity contribution >= 4 is 36.3 Å². The van der Waals surface area contributed by atoms with Crippen molar-refractivity contribution in [2.24, 2.45) is 0 Å². The van der Waals surface area contributed by atoms with Crippen molar-refractivity contribution in [2.75, 3.05) is 0 Å². The van der Waals surface area contributed by atoms with Gasteiger partial charge < -0.3 is 0 Å². The molecule has 0 radical (unpaired) electrons. The van der Waals surface area contributed by atoms with Crippen molar-refractivity contribution in [3.63, 3.8) is 0 Å². The maximum Gasteiger partial charge on any atom is 1.00 e. The van der Waals surface area contributed by atoms with E-state index in [1.165, 1.54) is 60.6 Å². The van der Waals surface area contributed by atoms with Gasteiger partial charge in [-0.15, -0.1) is 27.6 Å². The first kappa shape index (κ1) is 29.6. The van der Waals surface area contributed by atoms with Gasteiger partial charge >= 0.3 is 37.7 Å². The maximum absolute atomic E-state index is 2.68. The quantitative estimate of drug-likeness (QED) is 0.271. The van der Waals surface area contributed by atoms with Gasteiger partial charge in [-0.1, -0.05) is 106 Å². The third kappa shape index (κ3) is 4.91. The number of aryl methyl sites for hydroxylation is 3. The minimum Gasteiger partial charge on any atom is -0.210 e. The second-order valence-corrected chi connectivity index (χ2v) is 26.7. The number of unbranched alkanes of at least 4 members (excludes halogenated alkanes) is 1. The Bertz CT molecular complexity index is 1330. The zero-order valence-electron chi connectivity index (χ0n) is 24.0. The number of hydrogen-bond acceptors (Lipinski definition) is 0. The Hall–Kier alpha value is -0.971. The first-order chi connectivity index (χ1) is 16.3. The molecule has 178 valence electrons. The summed E-state index contributed by atoms with van der Waals surface area (Å²) in [7, 11) is -3.40. The molecule has 0 spiro atoms. The van der Waals surface area contributed by atoms with Crippen molar-refractivity contribution in [3.05, 3.63) is 82.9 Å². The first-order valence-electron chi connectivity index (χ1n) is 13.3. The van der Waals surface area contributed by atoms with E-state index in [0.717, 1.165) is 0 Å². The van der Waals surface area contributed by atoms with Crippen molar-refractivity contribution < 1.29 is 37.7 Å². The van der Waals surface area contributed by atoms with Crippen molar-refractivity contribution in [2.45, 2.75) is 78.6 Å². The van der Waals surface area contributed by atoms with Crippen LogP contribution in [0.3, 0.4) is 0 Å². The Morgan fingerprint density at radius 2 is 1.61 bits per heavy atom. The van der Waals surface area contributed by atoms with Crippen molar-refractivity contribution in [1.82, 2.24) is 0 Å². The number of benzene rings is 2. The zero-order chi connectivity index (χ0) is 24.1. The minimum atomic E-state index is -1.74.